The van der Waals surface area contributed by atoms with Gasteiger partial charge in [0, 0.05) is 6.42 Å². The smallest absolute Gasteiger partial charge is 0.119 e. The molecule has 0 radical (unpaired) electrons. The minimum absolute atomic E-state index is 0.744. The molecule has 2 heteroatoms. The maximum Gasteiger partial charge on any atom is 0.119 e. The lowest BCUT2D eigenvalue weighted by Crippen LogP contribution is -1.73. The highest BCUT2D eigenvalue weighted by molar-refractivity contribution is 5.48. The van der Waals surface area contributed by atoms with Gasteiger partial charge in [-0.3, -0.25) is 0 Å². The Morgan fingerprint density at radius 1 is 1.33 bits per heavy atom. The molecule has 9 heavy (non-hydrogen) atoms. The van der Waals surface area contributed by atoms with Crippen LogP contribution in [0, 0.1) is 0 Å². The van der Waals surface area contributed by atoms with Crippen LogP contribution in [0.15, 0.2) is 0 Å². The minimum atomic E-state index is 0.744. The lowest BCUT2D eigenvalue weighted by molar-refractivity contribution is -0.107. The number of rotatable bonds is 4. The van der Waals surface area contributed by atoms with E-state index in [1.807, 2.05) is 0 Å². The van der Waals surface area contributed by atoms with Gasteiger partial charge in [0.15, 0.2) is 0 Å². The van der Waals surface area contributed by atoms with E-state index in [0.29, 0.717) is 0 Å². The molecule has 0 atom stereocenters. The van der Waals surface area contributed by atoms with Crippen molar-refractivity contribution < 1.29 is 4.79 Å². The first kappa shape index (κ1) is 11.4. The van der Waals surface area contributed by atoms with Gasteiger partial charge < -0.3 is 10.5 Å². The molecule has 0 aliphatic carbocycles. The number of hydrogen-bond acceptors (Lipinski definition) is 2. The van der Waals surface area contributed by atoms with E-state index in [4.69, 9.17) is 0 Å². The van der Waals surface area contributed by atoms with Crippen LogP contribution >= 0.6 is 0 Å². The Bertz CT molecular complexity index is 46.2. The lowest BCUT2D eigenvalue weighted by atomic mass is 10.2. The highest BCUT2D eigenvalue weighted by Gasteiger charge is 1.80. The van der Waals surface area contributed by atoms with Gasteiger partial charge in [0.2, 0.25) is 0 Å². The first-order valence-corrected chi connectivity index (χ1v) is 3.43. The summed E-state index contributed by atoms with van der Waals surface area (Å²) in [5.74, 6) is 0. The summed E-state index contributed by atoms with van der Waals surface area (Å²) in [6.07, 6.45) is 5.19. The lowest BCUT2D eigenvalue weighted by Gasteiger charge is -1.85. The maximum atomic E-state index is 9.68. The quantitative estimate of drug-likeness (QED) is 0.462. The van der Waals surface area contributed by atoms with Crippen LogP contribution in [0.5, 0.6) is 0 Å². The summed E-state index contributed by atoms with van der Waals surface area (Å²) in [6, 6.07) is 0. The molecule has 2 nitrogen and oxygen atoms in total. The average molecular weight is 131 g/mol. The molecule has 0 aliphatic rings. The van der Waals surface area contributed by atoms with E-state index in [1.165, 1.54) is 19.9 Å². The molecule has 0 aromatic heterocycles. The highest BCUT2D eigenvalue weighted by Crippen LogP contribution is 1.94. The minimum Gasteiger partial charge on any atom is -0.333 e. The first-order chi connectivity index (χ1) is 4.41. The van der Waals surface area contributed by atoms with Gasteiger partial charge >= 0.3 is 0 Å². The molecule has 0 fully saturated rings. The van der Waals surface area contributed by atoms with Crippen molar-refractivity contribution in [2.24, 2.45) is 5.73 Å². The van der Waals surface area contributed by atoms with Gasteiger partial charge in [0.05, 0.1) is 0 Å². The Morgan fingerprint density at radius 2 is 1.89 bits per heavy atom. The Balaban J connectivity index is 0. The van der Waals surface area contributed by atoms with Gasteiger partial charge in [0.1, 0.15) is 6.29 Å². The molecule has 0 saturated heterocycles. The second-order valence-electron chi connectivity index (χ2n) is 1.66. The predicted molar refractivity (Wildman–Crippen MR) is 40.3 cm³/mol. The fraction of sp³-hybridized carbons (Fsp3) is 0.857. The average Bonchev–Trinajstić information content (AvgIpc) is 1.94. The van der Waals surface area contributed by atoms with Crippen LogP contribution in [0.4, 0.5) is 0 Å². The molecule has 0 amide bonds. The fourth-order valence-corrected chi connectivity index (χ4v) is 0.478. The second-order valence-corrected chi connectivity index (χ2v) is 1.66. The Labute approximate surface area is 57.4 Å². The Hall–Kier alpha value is -0.370. The van der Waals surface area contributed by atoms with E-state index in [1.54, 1.807) is 0 Å². The normalized spacial score (nSPS) is 7.44. The SMILES string of the molecule is CCCCCC=O.CN. The van der Waals surface area contributed by atoms with Crippen LogP contribution in [0.25, 0.3) is 0 Å². The van der Waals surface area contributed by atoms with Gasteiger partial charge in [-0.15, -0.1) is 0 Å². The van der Waals surface area contributed by atoms with Crippen LogP contribution < -0.4 is 5.73 Å². The molecule has 0 aromatic carbocycles. The molecule has 0 saturated carbocycles. The van der Waals surface area contributed by atoms with Crippen molar-refractivity contribution >= 4 is 6.29 Å². The van der Waals surface area contributed by atoms with E-state index < -0.39 is 0 Å². The molecule has 0 spiro atoms. The highest BCUT2D eigenvalue weighted by atomic mass is 16.1. The van der Waals surface area contributed by atoms with Gasteiger partial charge in [-0.1, -0.05) is 19.8 Å². The summed E-state index contributed by atoms with van der Waals surface area (Å²) >= 11 is 0. The zero-order valence-electron chi connectivity index (χ0n) is 6.39. The number of aldehydes is 1. The molecular weight excluding hydrogens is 114 g/mol. The van der Waals surface area contributed by atoms with Gasteiger partial charge in [-0.25, -0.2) is 0 Å². The summed E-state index contributed by atoms with van der Waals surface area (Å²) in [5, 5.41) is 0. The van der Waals surface area contributed by atoms with Crippen molar-refractivity contribution in [2.45, 2.75) is 32.6 Å². The first-order valence-electron chi connectivity index (χ1n) is 3.43. The third kappa shape index (κ3) is 18.4. The van der Waals surface area contributed by atoms with Crippen LogP contribution in [0.1, 0.15) is 32.6 Å². The van der Waals surface area contributed by atoms with Crippen molar-refractivity contribution in [3.8, 4) is 0 Å². The maximum absolute atomic E-state index is 9.68. The van der Waals surface area contributed by atoms with Gasteiger partial charge in [0.25, 0.3) is 0 Å². The standard InChI is InChI=1S/C6H12O.CH5N/c1-2-3-4-5-6-7;1-2/h6H,2-5H2,1H3;2H2,1H3. The summed E-state index contributed by atoms with van der Waals surface area (Å²) in [4.78, 5) is 9.68. The zero-order chi connectivity index (χ0) is 7.54. The van der Waals surface area contributed by atoms with E-state index in [9.17, 15) is 4.79 Å². The molecule has 0 rings (SSSR count). The molecule has 0 bridgehead atoms. The third-order valence-electron chi connectivity index (χ3n) is 0.926. The molecule has 0 unspecified atom stereocenters. The Kier molecular flexibility index (Phi) is 19.9. The number of hydrogen-bond donors (Lipinski definition) is 1. The molecule has 0 aromatic rings. The largest absolute Gasteiger partial charge is 0.333 e. The van der Waals surface area contributed by atoms with E-state index in [0.717, 1.165) is 19.1 Å². The summed E-state index contributed by atoms with van der Waals surface area (Å²) in [7, 11) is 1.50. The summed E-state index contributed by atoms with van der Waals surface area (Å²) in [6.45, 7) is 2.13. The van der Waals surface area contributed by atoms with Crippen molar-refractivity contribution in [1.29, 1.82) is 0 Å². The van der Waals surface area contributed by atoms with Crippen molar-refractivity contribution in [1.82, 2.24) is 0 Å². The molecule has 56 valence electrons. The monoisotopic (exact) mass is 131 g/mol. The van der Waals surface area contributed by atoms with Crippen molar-refractivity contribution in [3.05, 3.63) is 0 Å². The molecule has 0 aliphatic heterocycles. The number of carbonyl (C=O) groups is 1. The van der Waals surface area contributed by atoms with Crippen LogP contribution in [-0.4, -0.2) is 13.3 Å². The molecular formula is C7H17NO. The summed E-state index contributed by atoms with van der Waals surface area (Å²) < 4.78 is 0. The van der Waals surface area contributed by atoms with E-state index in [2.05, 4.69) is 12.7 Å². The predicted octanol–water partition coefficient (Wildman–Crippen LogP) is 1.34. The molecule has 2 N–H and O–H groups in total. The number of carbonyl (C=O) groups excluding carboxylic acids is 1. The number of nitrogens with two attached hydrogens (primary N) is 1. The van der Waals surface area contributed by atoms with Gasteiger partial charge in [-0.2, -0.15) is 0 Å². The Morgan fingerprint density at radius 3 is 2.22 bits per heavy atom. The second kappa shape index (κ2) is 15.6. The van der Waals surface area contributed by atoms with Crippen LogP contribution in [0.3, 0.4) is 0 Å². The fourth-order valence-electron chi connectivity index (χ4n) is 0.478. The topological polar surface area (TPSA) is 43.1 Å². The zero-order valence-corrected chi connectivity index (χ0v) is 6.39. The summed E-state index contributed by atoms with van der Waals surface area (Å²) in [5.41, 5.74) is 4.50. The van der Waals surface area contributed by atoms with Crippen LogP contribution in [0.2, 0.25) is 0 Å². The van der Waals surface area contributed by atoms with E-state index in [-0.39, 0.29) is 0 Å². The third-order valence-corrected chi connectivity index (χ3v) is 0.926. The number of unbranched alkanes of at least 4 members (excludes halogenated alkanes) is 3. The van der Waals surface area contributed by atoms with Gasteiger partial charge in [-0.05, 0) is 13.5 Å². The van der Waals surface area contributed by atoms with Crippen molar-refractivity contribution in [2.75, 3.05) is 7.05 Å². The van der Waals surface area contributed by atoms with Crippen molar-refractivity contribution in [3.63, 3.8) is 0 Å². The molecule has 0 heterocycles. The van der Waals surface area contributed by atoms with E-state index >= 15 is 0 Å². The van der Waals surface area contributed by atoms with Crippen LogP contribution in [-0.2, 0) is 4.79 Å².